The fourth-order valence-corrected chi connectivity index (χ4v) is 3.97. The molecule has 0 atom stereocenters. The monoisotopic (exact) mass is 388 g/mol. The molecular formula is C23H36N2O3. The van der Waals surface area contributed by atoms with Gasteiger partial charge in [-0.15, -0.1) is 0 Å². The fourth-order valence-electron chi connectivity index (χ4n) is 3.97. The van der Waals surface area contributed by atoms with Crippen LogP contribution in [0.5, 0.6) is 0 Å². The van der Waals surface area contributed by atoms with Gasteiger partial charge in [0.1, 0.15) is 6.54 Å². The maximum absolute atomic E-state index is 11.8. The SMILES string of the molecule is O=C(O)CNC(=O)c1ccc(NCCCCCCCCC2CCCCC2)cc1. The number of benzene rings is 1. The summed E-state index contributed by atoms with van der Waals surface area (Å²) in [5, 5.41) is 14.3. The molecule has 1 amide bonds. The average molecular weight is 389 g/mol. The Balaban J connectivity index is 1.46. The number of carbonyl (C=O) groups is 2. The number of hydrogen-bond acceptors (Lipinski definition) is 3. The van der Waals surface area contributed by atoms with Crippen molar-refractivity contribution in [2.45, 2.75) is 77.0 Å². The van der Waals surface area contributed by atoms with Crippen LogP contribution in [0.25, 0.3) is 0 Å². The van der Waals surface area contributed by atoms with E-state index in [0.717, 1.165) is 24.6 Å². The molecule has 0 aliphatic heterocycles. The van der Waals surface area contributed by atoms with Crippen LogP contribution >= 0.6 is 0 Å². The lowest BCUT2D eigenvalue weighted by molar-refractivity contribution is -0.135. The molecule has 1 aliphatic carbocycles. The Morgan fingerprint density at radius 2 is 1.54 bits per heavy atom. The van der Waals surface area contributed by atoms with Gasteiger partial charge < -0.3 is 15.7 Å². The van der Waals surface area contributed by atoms with Gasteiger partial charge in [0.15, 0.2) is 0 Å². The van der Waals surface area contributed by atoms with Crippen LogP contribution < -0.4 is 10.6 Å². The number of aliphatic carboxylic acids is 1. The number of carbonyl (C=O) groups excluding carboxylic acids is 1. The minimum atomic E-state index is -1.05. The molecule has 5 heteroatoms. The van der Waals surface area contributed by atoms with Gasteiger partial charge in [-0.25, -0.2) is 0 Å². The van der Waals surface area contributed by atoms with Crippen molar-refractivity contribution in [2.75, 3.05) is 18.4 Å². The number of anilines is 1. The highest BCUT2D eigenvalue weighted by molar-refractivity contribution is 5.96. The topological polar surface area (TPSA) is 78.4 Å². The van der Waals surface area contributed by atoms with E-state index in [2.05, 4.69) is 10.6 Å². The zero-order valence-corrected chi connectivity index (χ0v) is 17.0. The molecule has 2 rings (SSSR count). The zero-order chi connectivity index (χ0) is 20.0. The van der Waals surface area contributed by atoms with Crippen LogP contribution in [0.3, 0.4) is 0 Å². The van der Waals surface area contributed by atoms with E-state index in [1.165, 1.54) is 70.6 Å². The number of hydrogen-bond donors (Lipinski definition) is 3. The van der Waals surface area contributed by atoms with E-state index in [0.29, 0.717) is 5.56 Å². The Labute approximate surface area is 169 Å². The number of carboxylic acid groups (broad SMARTS) is 1. The summed E-state index contributed by atoms with van der Waals surface area (Å²) < 4.78 is 0. The molecule has 0 radical (unpaired) electrons. The van der Waals surface area contributed by atoms with E-state index in [1.54, 1.807) is 12.1 Å². The first-order valence-corrected chi connectivity index (χ1v) is 11.0. The highest BCUT2D eigenvalue weighted by Gasteiger charge is 2.12. The molecule has 3 N–H and O–H groups in total. The summed E-state index contributed by atoms with van der Waals surface area (Å²) >= 11 is 0. The van der Waals surface area contributed by atoms with Crippen LogP contribution in [0, 0.1) is 5.92 Å². The number of carboxylic acids is 1. The van der Waals surface area contributed by atoms with E-state index in [4.69, 9.17) is 5.11 Å². The predicted molar refractivity (Wildman–Crippen MR) is 114 cm³/mol. The van der Waals surface area contributed by atoms with Gasteiger partial charge in [-0.3, -0.25) is 9.59 Å². The van der Waals surface area contributed by atoms with Crippen molar-refractivity contribution in [3.8, 4) is 0 Å². The second-order valence-corrected chi connectivity index (χ2v) is 7.99. The molecule has 1 saturated carbocycles. The van der Waals surface area contributed by atoms with Crippen molar-refractivity contribution in [3.05, 3.63) is 29.8 Å². The Hall–Kier alpha value is -2.04. The molecule has 1 fully saturated rings. The van der Waals surface area contributed by atoms with Gasteiger partial charge in [-0.1, -0.05) is 70.6 Å². The van der Waals surface area contributed by atoms with Gasteiger partial charge in [0.25, 0.3) is 5.91 Å². The highest BCUT2D eigenvalue weighted by atomic mass is 16.4. The van der Waals surface area contributed by atoms with E-state index in [-0.39, 0.29) is 12.5 Å². The highest BCUT2D eigenvalue weighted by Crippen LogP contribution is 2.28. The molecule has 28 heavy (non-hydrogen) atoms. The maximum atomic E-state index is 11.8. The lowest BCUT2D eigenvalue weighted by atomic mass is 9.85. The third-order valence-electron chi connectivity index (χ3n) is 5.64. The quantitative estimate of drug-likeness (QED) is 0.405. The normalized spacial score (nSPS) is 14.6. The summed E-state index contributed by atoms with van der Waals surface area (Å²) in [5.41, 5.74) is 1.46. The van der Waals surface area contributed by atoms with E-state index in [1.807, 2.05) is 12.1 Å². The smallest absolute Gasteiger partial charge is 0.322 e. The van der Waals surface area contributed by atoms with Gasteiger partial charge in [-0.05, 0) is 36.6 Å². The summed E-state index contributed by atoms with van der Waals surface area (Å²) in [6.45, 7) is 0.575. The molecule has 0 heterocycles. The molecule has 1 aromatic rings. The van der Waals surface area contributed by atoms with E-state index >= 15 is 0 Å². The third-order valence-corrected chi connectivity index (χ3v) is 5.64. The Bertz CT molecular complexity index is 580. The number of nitrogens with one attached hydrogen (secondary N) is 2. The van der Waals surface area contributed by atoms with Crippen LogP contribution in [-0.2, 0) is 4.79 Å². The molecule has 0 spiro atoms. The molecule has 0 bridgehead atoms. The maximum Gasteiger partial charge on any atom is 0.322 e. The lowest BCUT2D eigenvalue weighted by Gasteiger charge is -2.21. The molecular weight excluding hydrogens is 352 g/mol. The van der Waals surface area contributed by atoms with Crippen LogP contribution in [0.15, 0.2) is 24.3 Å². The molecule has 0 aromatic heterocycles. The first kappa shape index (κ1) is 22.3. The molecule has 0 unspecified atom stereocenters. The lowest BCUT2D eigenvalue weighted by Crippen LogP contribution is -2.29. The van der Waals surface area contributed by atoms with Crippen molar-refractivity contribution in [3.63, 3.8) is 0 Å². The first-order chi connectivity index (χ1) is 13.6. The van der Waals surface area contributed by atoms with E-state index in [9.17, 15) is 9.59 Å². The summed E-state index contributed by atoms with van der Waals surface area (Å²) in [7, 11) is 0. The zero-order valence-electron chi connectivity index (χ0n) is 17.0. The summed E-state index contributed by atoms with van der Waals surface area (Å²) in [5.74, 6) is -0.388. The Morgan fingerprint density at radius 3 is 2.21 bits per heavy atom. The van der Waals surface area contributed by atoms with Crippen molar-refractivity contribution >= 4 is 17.6 Å². The second-order valence-electron chi connectivity index (χ2n) is 7.99. The van der Waals surface area contributed by atoms with Gasteiger partial charge >= 0.3 is 5.97 Å². The van der Waals surface area contributed by atoms with Gasteiger partial charge in [0.05, 0.1) is 0 Å². The van der Waals surface area contributed by atoms with Crippen LogP contribution in [0.1, 0.15) is 87.4 Å². The largest absolute Gasteiger partial charge is 0.480 e. The van der Waals surface area contributed by atoms with Gasteiger partial charge in [0.2, 0.25) is 0 Å². The van der Waals surface area contributed by atoms with E-state index < -0.39 is 5.97 Å². The Morgan fingerprint density at radius 1 is 0.893 bits per heavy atom. The number of rotatable bonds is 13. The predicted octanol–water partition coefficient (Wildman–Crippen LogP) is 5.22. The van der Waals surface area contributed by atoms with Crippen molar-refractivity contribution in [1.82, 2.24) is 5.32 Å². The summed E-state index contributed by atoms with van der Waals surface area (Å²) in [4.78, 5) is 22.2. The van der Waals surface area contributed by atoms with Crippen molar-refractivity contribution < 1.29 is 14.7 Å². The Kier molecular flexibility index (Phi) is 10.5. The molecule has 0 saturated heterocycles. The van der Waals surface area contributed by atoms with Crippen LogP contribution in [0.4, 0.5) is 5.69 Å². The second kappa shape index (κ2) is 13.2. The molecule has 156 valence electrons. The number of unbranched alkanes of at least 4 members (excludes halogenated alkanes) is 5. The van der Waals surface area contributed by atoms with Crippen LogP contribution in [0.2, 0.25) is 0 Å². The summed E-state index contributed by atoms with van der Waals surface area (Å²) in [6, 6.07) is 7.15. The molecule has 1 aliphatic rings. The minimum absolute atomic E-state index is 0.362. The molecule has 1 aromatic carbocycles. The summed E-state index contributed by atoms with van der Waals surface area (Å²) in [6.07, 6.45) is 16.6. The molecule has 5 nitrogen and oxygen atoms in total. The third kappa shape index (κ3) is 9.25. The number of amides is 1. The average Bonchev–Trinajstić information content (AvgIpc) is 2.72. The standard InChI is InChI=1S/C23H36N2O3/c26-22(27)18-25-23(28)20-13-15-21(16-14-20)24-17-9-4-2-1-3-6-10-19-11-7-5-8-12-19/h13-16,19,24H,1-12,17-18H2,(H,25,28)(H,26,27). The van der Waals surface area contributed by atoms with Crippen LogP contribution in [-0.4, -0.2) is 30.1 Å². The van der Waals surface area contributed by atoms with Gasteiger partial charge in [-0.2, -0.15) is 0 Å². The van der Waals surface area contributed by atoms with Crippen molar-refractivity contribution in [2.24, 2.45) is 5.92 Å². The fraction of sp³-hybridized carbons (Fsp3) is 0.652. The minimum Gasteiger partial charge on any atom is -0.480 e. The van der Waals surface area contributed by atoms with Crippen molar-refractivity contribution in [1.29, 1.82) is 0 Å². The van der Waals surface area contributed by atoms with Gasteiger partial charge in [0, 0.05) is 17.8 Å². The first-order valence-electron chi connectivity index (χ1n) is 11.0.